The average Bonchev–Trinajstić information content (AvgIpc) is 2.93. The Morgan fingerprint density at radius 3 is 1.03 bits per heavy atom. The molecule has 0 amide bonds. The SMILES string of the molecule is c1ccc(-c2cc3cc(-c4ccccc4)c(-c4ccccc4)nc3nc2-c2ccccc2)cc1. The Kier molecular flexibility index (Phi) is 5.17. The molecule has 0 bridgehead atoms. The van der Waals surface area contributed by atoms with Crippen LogP contribution in [0.5, 0.6) is 0 Å². The van der Waals surface area contributed by atoms with Gasteiger partial charge < -0.3 is 0 Å². The zero-order valence-corrected chi connectivity index (χ0v) is 18.6. The van der Waals surface area contributed by atoms with Crippen molar-refractivity contribution in [1.29, 1.82) is 0 Å². The lowest BCUT2D eigenvalue weighted by atomic mass is 9.95. The first-order valence-electron chi connectivity index (χ1n) is 11.4. The Morgan fingerprint density at radius 1 is 0.353 bits per heavy atom. The van der Waals surface area contributed by atoms with Crippen molar-refractivity contribution in [2.24, 2.45) is 0 Å². The number of aromatic nitrogens is 2. The highest BCUT2D eigenvalue weighted by Gasteiger charge is 2.16. The number of hydrogen-bond acceptors (Lipinski definition) is 2. The van der Waals surface area contributed by atoms with Gasteiger partial charge in [0, 0.05) is 27.6 Å². The van der Waals surface area contributed by atoms with Crippen molar-refractivity contribution in [1.82, 2.24) is 9.97 Å². The topological polar surface area (TPSA) is 25.8 Å². The van der Waals surface area contributed by atoms with Crippen LogP contribution in [0.3, 0.4) is 0 Å². The van der Waals surface area contributed by atoms with E-state index in [1.54, 1.807) is 0 Å². The minimum atomic E-state index is 0.747. The van der Waals surface area contributed by atoms with E-state index in [0.29, 0.717) is 0 Å². The van der Waals surface area contributed by atoms with Gasteiger partial charge in [-0.3, -0.25) is 0 Å². The molecule has 0 N–H and O–H groups in total. The highest BCUT2D eigenvalue weighted by Crippen LogP contribution is 2.37. The molecule has 0 unspecified atom stereocenters. The van der Waals surface area contributed by atoms with Gasteiger partial charge in [-0.15, -0.1) is 0 Å². The van der Waals surface area contributed by atoms with Crippen LogP contribution in [0.15, 0.2) is 133 Å². The van der Waals surface area contributed by atoms with Crippen molar-refractivity contribution in [2.75, 3.05) is 0 Å². The first-order chi connectivity index (χ1) is 16.9. The summed E-state index contributed by atoms with van der Waals surface area (Å²) in [6.07, 6.45) is 0. The predicted octanol–water partition coefficient (Wildman–Crippen LogP) is 8.30. The minimum Gasteiger partial charge on any atom is -0.227 e. The molecule has 2 aromatic heterocycles. The second kappa shape index (κ2) is 8.76. The second-order valence-electron chi connectivity index (χ2n) is 8.28. The van der Waals surface area contributed by atoms with Gasteiger partial charge in [-0.2, -0.15) is 0 Å². The Labute approximate surface area is 199 Å². The molecule has 2 heteroatoms. The number of hydrogen-bond donors (Lipinski definition) is 0. The van der Waals surface area contributed by atoms with Crippen molar-refractivity contribution in [3.63, 3.8) is 0 Å². The van der Waals surface area contributed by atoms with Gasteiger partial charge in [0.15, 0.2) is 5.65 Å². The van der Waals surface area contributed by atoms with E-state index in [1.165, 1.54) is 0 Å². The van der Waals surface area contributed by atoms with Gasteiger partial charge in [0.25, 0.3) is 0 Å². The number of fused-ring (bicyclic) bond motifs is 1. The van der Waals surface area contributed by atoms with Crippen LogP contribution < -0.4 is 0 Å². The zero-order valence-electron chi connectivity index (χ0n) is 18.6. The first-order valence-corrected chi connectivity index (χ1v) is 11.4. The Hall–Kier alpha value is -4.56. The van der Waals surface area contributed by atoms with Gasteiger partial charge in [-0.25, -0.2) is 9.97 Å². The summed E-state index contributed by atoms with van der Waals surface area (Å²) in [6, 6.07) is 46.1. The standard InChI is InChI=1S/C32H22N2/c1-5-13-23(14-6-1)28-21-27-22-29(24-15-7-2-8-16-24)31(26-19-11-4-12-20-26)34-32(27)33-30(28)25-17-9-3-10-18-25/h1-22H. The molecule has 2 nitrogen and oxygen atoms in total. The third kappa shape index (κ3) is 3.76. The lowest BCUT2D eigenvalue weighted by Gasteiger charge is -2.15. The molecule has 0 aliphatic rings. The summed E-state index contributed by atoms with van der Waals surface area (Å²) >= 11 is 0. The molecule has 0 spiro atoms. The molecule has 0 aliphatic carbocycles. The molecule has 0 radical (unpaired) electrons. The van der Waals surface area contributed by atoms with Crippen LogP contribution in [0.25, 0.3) is 55.8 Å². The maximum Gasteiger partial charge on any atom is 0.160 e. The minimum absolute atomic E-state index is 0.747. The molecule has 4 aromatic carbocycles. The van der Waals surface area contributed by atoms with Crippen LogP contribution in [0.2, 0.25) is 0 Å². The van der Waals surface area contributed by atoms with Crippen LogP contribution >= 0.6 is 0 Å². The van der Waals surface area contributed by atoms with Crippen LogP contribution in [-0.2, 0) is 0 Å². The van der Waals surface area contributed by atoms with Crippen LogP contribution in [0, 0.1) is 0 Å². The third-order valence-electron chi connectivity index (χ3n) is 6.07. The van der Waals surface area contributed by atoms with Gasteiger partial charge in [0.1, 0.15) is 0 Å². The van der Waals surface area contributed by atoms with E-state index >= 15 is 0 Å². The highest BCUT2D eigenvalue weighted by molar-refractivity contribution is 5.95. The fourth-order valence-electron chi connectivity index (χ4n) is 4.41. The molecule has 6 aromatic rings. The average molecular weight is 435 g/mol. The summed E-state index contributed by atoms with van der Waals surface area (Å²) in [5.41, 5.74) is 9.29. The number of rotatable bonds is 4. The quantitative estimate of drug-likeness (QED) is 0.279. The number of benzene rings is 4. The molecule has 34 heavy (non-hydrogen) atoms. The summed E-state index contributed by atoms with van der Waals surface area (Å²) in [4.78, 5) is 10.3. The molecule has 0 saturated heterocycles. The third-order valence-corrected chi connectivity index (χ3v) is 6.07. The summed E-state index contributed by atoms with van der Waals surface area (Å²) in [5, 5.41) is 1.03. The van der Waals surface area contributed by atoms with Gasteiger partial charge in [0.2, 0.25) is 0 Å². The van der Waals surface area contributed by atoms with Crippen molar-refractivity contribution in [3.05, 3.63) is 133 Å². The van der Waals surface area contributed by atoms with E-state index in [4.69, 9.17) is 9.97 Å². The summed E-state index contributed by atoms with van der Waals surface area (Å²) in [6.45, 7) is 0. The lowest BCUT2D eigenvalue weighted by Crippen LogP contribution is -1.97. The van der Waals surface area contributed by atoms with Crippen LogP contribution in [-0.4, -0.2) is 9.97 Å². The largest absolute Gasteiger partial charge is 0.227 e. The highest BCUT2D eigenvalue weighted by atomic mass is 14.9. The molecule has 6 rings (SSSR count). The molecule has 0 atom stereocenters. The molecular weight excluding hydrogens is 412 g/mol. The summed E-state index contributed by atoms with van der Waals surface area (Å²) in [5.74, 6) is 0. The van der Waals surface area contributed by atoms with E-state index in [2.05, 4.69) is 109 Å². The van der Waals surface area contributed by atoms with Crippen LogP contribution in [0.1, 0.15) is 0 Å². The molecule has 0 saturated carbocycles. The zero-order chi connectivity index (χ0) is 22.7. The van der Waals surface area contributed by atoms with Crippen molar-refractivity contribution in [3.8, 4) is 44.8 Å². The number of nitrogens with zero attached hydrogens (tertiary/aromatic N) is 2. The summed E-state index contributed by atoms with van der Waals surface area (Å²) in [7, 11) is 0. The van der Waals surface area contributed by atoms with Crippen LogP contribution in [0.4, 0.5) is 0 Å². The maximum atomic E-state index is 5.13. The monoisotopic (exact) mass is 434 g/mol. The molecule has 2 heterocycles. The Balaban J connectivity index is 1.67. The fourth-order valence-corrected chi connectivity index (χ4v) is 4.41. The van der Waals surface area contributed by atoms with Crippen molar-refractivity contribution in [2.45, 2.75) is 0 Å². The van der Waals surface area contributed by atoms with E-state index in [0.717, 1.165) is 55.8 Å². The van der Waals surface area contributed by atoms with E-state index in [1.807, 2.05) is 24.3 Å². The molecule has 0 aliphatic heterocycles. The van der Waals surface area contributed by atoms with Crippen molar-refractivity contribution < 1.29 is 0 Å². The Morgan fingerprint density at radius 2 is 0.676 bits per heavy atom. The molecule has 0 fully saturated rings. The molecular formula is C32H22N2. The predicted molar refractivity (Wildman–Crippen MR) is 141 cm³/mol. The van der Waals surface area contributed by atoms with E-state index in [9.17, 15) is 0 Å². The summed E-state index contributed by atoms with van der Waals surface area (Å²) < 4.78 is 0. The van der Waals surface area contributed by atoms with Crippen molar-refractivity contribution >= 4 is 11.0 Å². The van der Waals surface area contributed by atoms with Gasteiger partial charge in [0.05, 0.1) is 11.4 Å². The first kappa shape index (κ1) is 20.1. The smallest absolute Gasteiger partial charge is 0.160 e. The maximum absolute atomic E-state index is 5.13. The molecule has 160 valence electrons. The van der Waals surface area contributed by atoms with Gasteiger partial charge in [-0.1, -0.05) is 121 Å². The Bertz CT molecular complexity index is 1320. The lowest BCUT2D eigenvalue weighted by molar-refractivity contribution is 1.29. The normalized spacial score (nSPS) is 10.9. The van der Waals surface area contributed by atoms with E-state index in [-0.39, 0.29) is 0 Å². The number of pyridine rings is 2. The van der Waals surface area contributed by atoms with Gasteiger partial charge >= 0.3 is 0 Å². The van der Waals surface area contributed by atoms with Gasteiger partial charge in [-0.05, 0) is 23.3 Å². The second-order valence-corrected chi connectivity index (χ2v) is 8.28. The fraction of sp³-hybridized carbons (Fsp3) is 0. The van der Waals surface area contributed by atoms with E-state index < -0.39 is 0 Å².